The van der Waals surface area contributed by atoms with E-state index in [1.54, 1.807) is 49.4 Å². The van der Waals surface area contributed by atoms with Crippen molar-refractivity contribution >= 4 is 23.6 Å². The maximum absolute atomic E-state index is 12.4. The minimum Gasteiger partial charge on any atom is -0.444 e. The highest BCUT2D eigenvalue weighted by Gasteiger charge is 2.27. The second-order valence-electron chi connectivity index (χ2n) is 5.17. The number of nitrogens with one attached hydrogen (secondary N) is 2. The number of nitrogen functional groups attached to an aromatic ring is 1. The highest BCUT2D eigenvalue weighted by atomic mass is 16.5. The zero-order valence-electron chi connectivity index (χ0n) is 13.7. The van der Waals surface area contributed by atoms with Crippen molar-refractivity contribution < 1.29 is 19.1 Å². The van der Waals surface area contributed by atoms with Crippen LogP contribution in [0.1, 0.15) is 28.9 Å². The molecule has 2 rings (SSSR count). The van der Waals surface area contributed by atoms with Crippen molar-refractivity contribution in [2.45, 2.75) is 13.0 Å². The second kappa shape index (κ2) is 8.49. The van der Waals surface area contributed by atoms with E-state index >= 15 is 0 Å². The van der Waals surface area contributed by atoms with Gasteiger partial charge in [0.25, 0.3) is 5.91 Å². The number of hydrogen-bond acceptors (Lipinski definition) is 5. The molecule has 0 saturated carbocycles. The largest absolute Gasteiger partial charge is 0.444 e. The lowest BCUT2D eigenvalue weighted by Crippen LogP contribution is -2.42. The van der Waals surface area contributed by atoms with Crippen LogP contribution < -0.4 is 16.4 Å². The number of ether oxygens (including phenoxy) is 1. The molecule has 0 aliphatic rings. The lowest BCUT2D eigenvalue weighted by Gasteiger charge is -2.17. The zero-order valence-corrected chi connectivity index (χ0v) is 13.7. The number of hydrogen-bond donors (Lipinski definition) is 3. The molecule has 0 heterocycles. The average Bonchev–Trinajstić information content (AvgIpc) is 2.61. The van der Waals surface area contributed by atoms with E-state index in [2.05, 4.69) is 10.6 Å². The van der Waals surface area contributed by atoms with Gasteiger partial charge in [0, 0.05) is 17.8 Å². The summed E-state index contributed by atoms with van der Waals surface area (Å²) in [6.07, 6.45) is -1.26. The summed E-state index contributed by atoms with van der Waals surface area (Å²) in [6.45, 7) is 2.08. The van der Waals surface area contributed by atoms with Gasteiger partial charge in [-0.3, -0.25) is 10.1 Å². The molecular formula is C18H19N3O4. The summed E-state index contributed by atoms with van der Waals surface area (Å²) in [5.41, 5.74) is 6.80. The van der Waals surface area contributed by atoms with Crippen LogP contribution in [0.25, 0.3) is 0 Å². The molecule has 0 bridgehead atoms. The van der Waals surface area contributed by atoms with Crippen LogP contribution in [0.15, 0.2) is 54.6 Å². The summed E-state index contributed by atoms with van der Waals surface area (Å²) in [5, 5.41) is 4.61. The third-order valence-corrected chi connectivity index (χ3v) is 3.29. The second-order valence-corrected chi connectivity index (χ2v) is 5.17. The molecule has 2 aromatic carbocycles. The lowest BCUT2D eigenvalue weighted by atomic mass is 10.1. The van der Waals surface area contributed by atoms with Gasteiger partial charge in [0.1, 0.15) is 0 Å². The molecule has 7 heteroatoms. The molecule has 2 aromatic rings. The van der Waals surface area contributed by atoms with Crippen molar-refractivity contribution in [2.24, 2.45) is 0 Å². The standard InChI is InChI=1S/C18H19N3O4/c1-2-20-18(24)21-16(22)15(12-6-4-3-5-7-12)25-17(23)13-8-10-14(19)11-9-13/h3-11,15H,2,19H2,1H3,(H2,20,21,22,24)/t15-/m0/s1. The van der Waals surface area contributed by atoms with Crippen molar-refractivity contribution in [3.05, 3.63) is 65.7 Å². The van der Waals surface area contributed by atoms with E-state index in [1.807, 2.05) is 0 Å². The molecule has 1 atom stereocenters. The zero-order chi connectivity index (χ0) is 18.2. The Bertz CT molecular complexity index is 745. The highest BCUT2D eigenvalue weighted by Crippen LogP contribution is 2.20. The van der Waals surface area contributed by atoms with Crippen molar-refractivity contribution in [1.29, 1.82) is 0 Å². The molecule has 130 valence electrons. The van der Waals surface area contributed by atoms with Crippen molar-refractivity contribution in [3.8, 4) is 0 Å². The smallest absolute Gasteiger partial charge is 0.339 e. The number of amides is 3. The first-order chi connectivity index (χ1) is 12.0. The third-order valence-electron chi connectivity index (χ3n) is 3.29. The van der Waals surface area contributed by atoms with Crippen LogP contribution in [-0.4, -0.2) is 24.5 Å². The monoisotopic (exact) mass is 341 g/mol. The van der Waals surface area contributed by atoms with Gasteiger partial charge < -0.3 is 15.8 Å². The fourth-order valence-corrected chi connectivity index (χ4v) is 2.08. The normalized spacial score (nSPS) is 11.2. The molecule has 0 radical (unpaired) electrons. The molecule has 7 nitrogen and oxygen atoms in total. The van der Waals surface area contributed by atoms with Gasteiger partial charge in [-0.15, -0.1) is 0 Å². The number of benzene rings is 2. The maximum atomic E-state index is 12.4. The highest BCUT2D eigenvalue weighted by molar-refractivity contribution is 5.99. The van der Waals surface area contributed by atoms with E-state index in [4.69, 9.17) is 10.5 Å². The number of anilines is 1. The fraction of sp³-hybridized carbons (Fsp3) is 0.167. The average molecular weight is 341 g/mol. The van der Waals surface area contributed by atoms with Crippen molar-refractivity contribution in [1.82, 2.24) is 10.6 Å². The van der Waals surface area contributed by atoms with E-state index in [0.29, 0.717) is 17.8 Å². The van der Waals surface area contributed by atoms with Gasteiger partial charge in [0.15, 0.2) is 0 Å². The minimum atomic E-state index is -1.26. The Morgan fingerprint density at radius 3 is 2.28 bits per heavy atom. The summed E-state index contributed by atoms with van der Waals surface area (Å²) in [7, 11) is 0. The van der Waals surface area contributed by atoms with Crippen LogP contribution in [0, 0.1) is 0 Å². The molecule has 0 aliphatic carbocycles. The fourth-order valence-electron chi connectivity index (χ4n) is 2.08. The van der Waals surface area contributed by atoms with E-state index in [1.165, 1.54) is 12.1 Å². The van der Waals surface area contributed by atoms with Crippen LogP contribution in [-0.2, 0) is 9.53 Å². The molecule has 4 N–H and O–H groups in total. The predicted molar refractivity (Wildman–Crippen MR) is 92.7 cm³/mol. The molecule has 3 amide bonds. The Kier molecular flexibility index (Phi) is 6.11. The molecule has 0 fully saturated rings. The Hall–Kier alpha value is -3.35. The molecule has 0 aliphatic heterocycles. The number of nitrogens with two attached hydrogens (primary N) is 1. The quantitative estimate of drug-likeness (QED) is 0.569. The Morgan fingerprint density at radius 1 is 1.04 bits per heavy atom. The van der Waals surface area contributed by atoms with Crippen LogP contribution in [0.5, 0.6) is 0 Å². The summed E-state index contributed by atoms with van der Waals surface area (Å²) in [5.74, 6) is -1.43. The van der Waals surface area contributed by atoms with Crippen molar-refractivity contribution in [3.63, 3.8) is 0 Å². The summed E-state index contributed by atoms with van der Waals surface area (Å²) < 4.78 is 5.33. The number of carbonyl (C=O) groups is 3. The van der Waals surface area contributed by atoms with Gasteiger partial charge >= 0.3 is 12.0 Å². The predicted octanol–water partition coefficient (Wildman–Crippen LogP) is 2.01. The third kappa shape index (κ3) is 5.07. The SMILES string of the molecule is CCNC(=O)NC(=O)[C@@H](OC(=O)c1ccc(N)cc1)c1ccccc1. The first-order valence-corrected chi connectivity index (χ1v) is 7.71. The number of imide groups is 1. The Labute approximate surface area is 145 Å². The van der Waals surface area contributed by atoms with Crippen LogP contribution in [0.4, 0.5) is 10.5 Å². The number of rotatable bonds is 5. The van der Waals surface area contributed by atoms with E-state index in [9.17, 15) is 14.4 Å². The van der Waals surface area contributed by atoms with E-state index in [-0.39, 0.29) is 5.56 Å². The molecule has 25 heavy (non-hydrogen) atoms. The number of urea groups is 1. The maximum Gasteiger partial charge on any atom is 0.339 e. The summed E-state index contributed by atoms with van der Waals surface area (Å²) in [4.78, 5) is 36.3. The molecular weight excluding hydrogens is 322 g/mol. The molecule has 0 saturated heterocycles. The van der Waals surface area contributed by atoms with Gasteiger partial charge in [-0.1, -0.05) is 30.3 Å². The molecule has 0 unspecified atom stereocenters. The minimum absolute atomic E-state index is 0.251. The van der Waals surface area contributed by atoms with Gasteiger partial charge in [-0.2, -0.15) is 0 Å². The Balaban J connectivity index is 2.20. The van der Waals surface area contributed by atoms with Gasteiger partial charge in [-0.25, -0.2) is 9.59 Å². The first-order valence-electron chi connectivity index (χ1n) is 7.71. The van der Waals surface area contributed by atoms with E-state index in [0.717, 1.165) is 0 Å². The van der Waals surface area contributed by atoms with Gasteiger partial charge in [0.05, 0.1) is 5.56 Å². The number of carbonyl (C=O) groups excluding carboxylic acids is 3. The van der Waals surface area contributed by atoms with Crippen LogP contribution in [0.3, 0.4) is 0 Å². The summed E-state index contributed by atoms with van der Waals surface area (Å²) in [6, 6.07) is 13.9. The first kappa shape index (κ1) is 18.0. The Morgan fingerprint density at radius 2 is 1.68 bits per heavy atom. The van der Waals surface area contributed by atoms with Gasteiger partial charge in [-0.05, 0) is 31.2 Å². The van der Waals surface area contributed by atoms with Gasteiger partial charge in [0.2, 0.25) is 6.10 Å². The molecule has 0 spiro atoms. The van der Waals surface area contributed by atoms with E-state index < -0.39 is 24.0 Å². The lowest BCUT2D eigenvalue weighted by molar-refractivity contribution is -0.129. The summed E-state index contributed by atoms with van der Waals surface area (Å²) >= 11 is 0. The van der Waals surface area contributed by atoms with Crippen LogP contribution in [0.2, 0.25) is 0 Å². The molecule has 0 aromatic heterocycles. The number of esters is 1. The van der Waals surface area contributed by atoms with Crippen molar-refractivity contribution in [2.75, 3.05) is 12.3 Å². The van der Waals surface area contributed by atoms with Crippen LogP contribution >= 0.6 is 0 Å². The topological polar surface area (TPSA) is 111 Å².